The maximum atomic E-state index is 12.2. The number of hydrogen-bond donors (Lipinski definition) is 1. The van der Waals surface area contributed by atoms with Crippen molar-refractivity contribution in [2.75, 3.05) is 32.8 Å². The maximum absolute atomic E-state index is 12.2. The summed E-state index contributed by atoms with van der Waals surface area (Å²) < 4.78 is 5.37. The molecule has 0 aliphatic carbocycles. The predicted octanol–water partition coefficient (Wildman–Crippen LogP) is 1.55. The van der Waals surface area contributed by atoms with Crippen LogP contribution in [0.3, 0.4) is 0 Å². The Labute approximate surface area is 114 Å². The Balaban J connectivity index is 1.89. The molecule has 1 heterocycles. The van der Waals surface area contributed by atoms with Crippen LogP contribution in [-0.2, 0) is 0 Å². The van der Waals surface area contributed by atoms with Gasteiger partial charge in [-0.15, -0.1) is 0 Å². The number of rotatable bonds is 6. The molecule has 1 fully saturated rings. The molecule has 19 heavy (non-hydrogen) atoms. The van der Waals surface area contributed by atoms with Crippen LogP contribution in [0.1, 0.15) is 23.7 Å². The third-order valence-electron chi connectivity index (χ3n) is 3.56. The van der Waals surface area contributed by atoms with Crippen LogP contribution in [0, 0.1) is 5.92 Å². The molecule has 0 saturated carbocycles. The number of carbonyl (C=O) groups is 1. The van der Waals surface area contributed by atoms with Crippen LogP contribution in [0.2, 0.25) is 0 Å². The highest BCUT2D eigenvalue weighted by molar-refractivity contribution is 5.97. The maximum Gasteiger partial charge on any atom is 0.176 e. The molecule has 0 bridgehead atoms. The largest absolute Gasteiger partial charge is 0.494 e. The summed E-state index contributed by atoms with van der Waals surface area (Å²) in [6.07, 6.45) is 1.10. The number of likely N-dealkylation sites (tertiary alicyclic amines) is 1. The van der Waals surface area contributed by atoms with E-state index in [4.69, 9.17) is 10.5 Å². The highest BCUT2D eigenvalue weighted by Crippen LogP contribution is 2.17. The van der Waals surface area contributed by atoms with Crippen molar-refractivity contribution < 1.29 is 9.53 Å². The minimum Gasteiger partial charge on any atom is -0.494 e. The number of ketones is 1. The SMILES string of the molecule is CCOc1ccc(C(=O)CN2CCC(CN)C2)cc1. The fraction of sp³-hybridized carbons (Fsp3) is 0.533. The van der Waals surface area contributed by atoms with Crippen LogP contribution in [0.5, 0.6) is 5.75 Å². The molecular weight excluding hydrogens is 240 g/mol. The smallest absolute Gasteiger partial charge is 0.176 e. The average Bonchev–Trinajstić information content (AvgIpc) is 2.87. The summed E-state index contributed by atoms with van der Waals surface area (Å²) >= 11 is 0. The van der Waals surface area contributed by atoms with Crippen LogP contribution in [0.15, 0.2) is 24.3 Å². The molecule has 0 spiro atoms. The molecule has 1 saturated heterocycles. The van der Waals surface area contributed by atoms with Crippen LogP contribution in [0.25, 0.3) is 0 Å². The van der Waals surface area contributed by atoms with Crippen molar-refractivity contribution in [2.45, 2.75) is 13.3 Å². The van der Waals surface area contributed by atoms with Gasteiger partial charge in [0.15, 0.2) is 5.78 Å². The van der Waals surface area contributed by atoms with E-state index in [1.165, 1.54) is 0 Å². The van der Waals surface area contributed by atoms with Crippen molar-refractivity contribution in [3.05, 3.63) is 29.8 Å². The summed E-state index contributed by atoms with van der Waals surface area (Å²) in [6, 6.07) is 7.38. The molecule has 2 rings (SSSR count). The van der Waals surface area contributed by atoms with E-state index in [-0.39, 0.29) is 5.78 Å². The monoisotopic (exact) mass is 262 g/mol. The van der Waals surface area contributed by atoms with Crippen molar-refractivity contribution >= 4 is 5.78 Å². The Hall–Kier alpha value is -1.39. The van der Waals surface area contributed by atoms with Gasteiger partial charge < -0.3 is 10.5 Å². The van der Waals surface area contributed by atoms with E-state index in [0.717, 1.165) is 30.8 Å². The molecule has 0 amide bonds. The Morgan fingerprint density at radius 2 is 2.16 bits per heavy atom. The van der Waals surface area contributed by atoms with Gasteiger partial charge in [-0.1, -0.05) is 0 Å². The van der Waals surface area contributed by atoms with E-state index in [0.29, 0.717) is 25.6 Å². The number of nitrogens with two attached hydrogens (primary N) is 1. The van der Waals surface area contributed by atoms with Crippen LogP contribution in [-0.4, -0.2) is 43.5 Å². The number of Topliss-reactive ketones (excluding diaryl/α,β-unsaturated/α-hetero) is 1. The van der Waals surface area contributed by atoms with E-state index in [1.807, 2.05) is 31.2 Å². The minimum absolute atomic E-state index is 0.167. The molecule has 1 aromatic carbocycles. The molecule has 2 N–H and O–H groups in total. The van der Waals surface area contributed by atoms with E-state index < -0.39 is 0 Å². The van der Waals surface area contributed by atoms with Gasteiger partial charge in [0.2, 0.25) is 0 Å². The van der Waals surface area contributed by atoms with E-state index in [9.17, 15) is 4.79 Å². The lowest BCUT2D eigenvalue weighted by Gasteiger charge is -2.14. The minimum atomic E-state index is 0.167. The third-order valence-corrected chi connectivity index (χ3v) is 3.56. The molecular formula is C15H22N2O2. The first-order valence-electron chi connectivity index (χ1n) is 6.91. The molecule has 1 unspecified atom stereocenters. The number of hydrogen-bond acceptors (Lipinski definition) is 4. The first kappa shape index (κ1) is 14.0. The molecule has 4 heteroatoms. The molecule has 0 radical (unpaired) electrons. The van der Waals surface area contributed by atoms with Gasteiger partial charge in [-0.05, 0) is 56.6 Å². The Bertz CT molecular complexity index is 417. The standard InChI is InChI=1S/C15H22N2O2/c1-2-19-14-5-3-13(4-6-14)15(18)11-17-8-7-12(9-16)10-17/h3-6,12H,2,7-11,16H2,1H3. The third kappa shape index (κ3) is 3.78. The van der Waals surface area contributed by atoms with Gasteiger partial charge in [-0.25, -0.2) is 0 Å². The van der Waals surface area contributed by atoms with Crippen molar-refractivity contribution in [2.24, 2.45) is 11.7 Å². The van der Waals surface area contributed by atoms with Crippen molar-refractivity contribution in [3.63, 3.8) is 0 Å². The summed E-state index contributed by atoms with van der Waals surface area (Å²) in [5.74, 6) is 1.53. The van der Waals surface area contributed by atoms with Gasteiger partial charge in [-0.3, -0.25) is 9.69 Å². The van der Waals surface area contributed by atoms with E-state index >= 15 is 0 Å². The summed E-state index contributed by atoms with van der Waals surface area (Å²) in [5.41, 5.74) is 6.41. The summed E-state index contributed by atoms with van der Waals surface area (Å²) in [4.78, 5) is 14.3. The predicted molar refractivity (Wildman–Crippen MR) is 75.5 cm³/mol. The highest BCUT2D eigenvalue weighted by Gasteiger charge is 2.23. The lowest BCUT2D eigenvalue weighted by molar-refractivity contribution is 0.0943. The number of ether oxygens (including phenoxy) is 1. The normalized spacial score (nSPS) is 19.6. The molecule has 1 aliphatic rings. The fourth-order valence-corrected chi connectivity index (χ4v) is 2.45. The number of nitrogens with zero attached hydrogens (tertiary/aromatic N) is 1. The number of carbonyl (C=O) groups excluding carboxylic acids is 1. The highest BCUT2D eigenvalue weighted by atomic mass is 16.5. The second kappa shape index (κ2) is 6.68. The average molecular weight is 262 g/mol. The van der Waals surface area contributed by atoms with Crippen molar-refractivity contribution in [1.82, 2.24) is 4.90 Å². The van der Waals surface area contributed by atoms with Crippen molar-refractivity contribution in [3.8, 4) is 5.75 Å². The van der Waals surface area contributed by atoms with E-state index in [1.54, 1.807) is 0 Å². The first-order valence-corrected chi connectivity index (χ1v) is 6.91. The van der Waals surface area contributed by atoms with Gasteiger partial charge in [0.25, 0.3) is 0 Å². The summed E-state index contributed by atoms with van der Waals surface area (Å²) in [5, 5.41) is 0. The van der Waals surface area contributed by atoms with Gasteiger partial charge >= 0.3 is 0 Å². The number of benzene rings is 1. The van der Waals surface area contributed by atoms with Gasteiger partial charge in [0, 0.05) is 12.1 Å². The molecule has 1 atom stereocenters. The topological polar surface area (TPSA) is 55.6 Å². The molecule has 1 aromatic rings. The first-order chi connectivity index (χ1) is 9.22. The Morgan fingerprint density at radius 3 is 2.74 bits per heavy atom. The second-order valence-electron chi connectivity index (χ2n) is 5.01. The van der Waals surface area contributed by atoms with E-state index in [2.05, 4.69) is 4.90 Å². The fourth-order valence-electron chi connectivity index (χ4n) is 2.45. The molecule has 0 aromatic heterocycles. The lowest BCUT2D eigenvalue weighted by Crippen LogP contribution is -2.29. The molecule has 1 aliphatic heterocycles. The Kier molecular flexibility index (Phi) is 4.93. The lowest BCUT2D eigenvalue weighted by atomic mass is 10.1. The van der Waals surface area contributed by atoms with Gasteiger partial charge in [-0.2, -0.15) is 0 Å². The molecule has 4 nitrogen and oxygen atoms in total. The quantitative estimate of drug-likeness (QED) is 0.790. The summed E-state index contributed by atoms with van der Waals surface area (Å²) in [7, 11) is 0. The Morgan fingerprint density at radius 1 is 1.42 bits per heavy atom. The van der Waals surface area contributed by atoms with Crippen LogP contribution >= 0.6 is 0 Å². The zero-order valence-corrected chi connectivity index (χ0v) is 11.5. The van der Waals surface area contributed by atoms with Gasteiger partial charge in [0.05, 0.1) is 13.2 Å². The molecule has 104 valence electrons. The second-order valence-corrected chi connectivity index (χ2v) is 5.01. The zero-order valence-electron chi connectivity index (χ0n) is 11.5. The van der Waals surface area contributed by atoms with Crippen LogP contribution in [0.4, 0.5) is 0 Å². The zero-order chi connectivity index (χ0) is 13.7. The van der Waals surface area contributed by atoms with Crippen LogP contribution < -0.4 is 10.5 Å². The van der Waals surface area contributed by atoms with Gasteiger partial charge in [0.1, 0.15) is 5.75 Å². The summed E-state index contributed by atoms with van der Waals surface area (Å²) in [6.45, 7) is 5.71. The van der Waals surface area contributed by atoms with Crippen molar-refractivity contribution in [1.29, 1.82) is 0 Å².